The van der Waals surface area contributed by atoms with Gasteiger partial charge in [0.25, 0.3) is 10.0 Å². The lowest BCUT2D eigenvalue weighted by Crippen LogP contribution is -2.31. The Bertz CT molecular complexity index is 1380. The van der Waals surface area contributed by atoms with Crippen molar-refractivity contribution in [3.8, 4) is 11.5 Å². The molecule has 0 aliphatic carbocycles. The molecule has 3 heterocycles. The summed E-state index contributed by atoms with van der Waals surface area (Å²) in [6.07, 6.45) is 0.668. The highest BCUT2D eigenvalue weighted by atomic mass is 32.2. The Morgan fingerprint density at radius 1 is 1.15 bits per heavy atom. The molecule has 9 nitrogen and oxygen atoms in total. The van der Waals surface area contributed by atoms with E-state index in [2.05, 4.69) is 10.4 Å². The summed E-state index contributed by atoms with van der Waals surface area (Å²) in [5, 5.41) is 7.33. The molecule has 0 bridgehead atoms. The monoisotopic (exact) mass is 482 g/mol. The zero-order valence-electron chi connectivity index (χ0n) is 19.2. The molecule has 2 aromatic carbocycles. The summed E-state index contributed by atoms with van der Waals surface area (Å²) >= 11 is 0. The van der Waals surface area contributed by atoms with Crippen LogP contribution in [0.5, 0.6) is 11.5 Å². The summed E-state index contributed by atoms with van der Waals surface area (Å²) in [4.78, 5) is 12.9. The number of fused-ring (bicyclic) bond motifs is 2. The molecular formula is C24H26N4O5S. The molecule has 178 valence electrons. The summed E-state index contributed by atoms with van der Waals surface area (Å²) in [5.74, 6) is 1.06. The number of ether oxygens (including phenoxy) is 2. The molecule has 0 saturated heterocycles. The molecular weight excluding hydrogens is 456 g/mol. The number of nitrogens with one attached hydrogen (secondary N) is 1. The number of hydrogen-bond acceptors (Lipinski definition) is 6. The molecule has 1 aromatic heterocycles. The minimum absolute atomic E-state index is 0.0896. The molecule has 0 spiro atoms. The zero-order valence-corrected chi connectivity index (χ0v) is 20.1. The molecule has 5 rings (SSSR count). The summed E-state index contributed by atoms with van der Waals surface area (Å²) in [6, 6.07) is 12.8. The molecule has 34 heavy (non-hydrogen) atoms. The van der Waals surface area contributed by atoms with Crippen molar-refractivity contribution in [1.29, 1.82) is 0 Å². The number of rotatable bonds is 6. The van der Waals surface area contributed by atoms with Crippen LogP contribution in [-0.2, 0) is 27.8 Å². The lowest BCUT2D eigenvalue weighted by molar-refractivity contribution is -0.122. The van der Waals surface area contributed by atoms with E-state index in [-0.39, 0.29) is 30.2 Å². The van der Waals surface area contributed by atoms with Crippen LogP contribution in [0.4, 0.5) is 5.69 Å². The van der Waals surface area contributed by atoms with Crippen molar-refractivity contribution in [3.05, 3.63) is 65.0 Å². The van der Waals surface area contributed by atoms with Crippen molar-refractivity contribution < 1.29 is 22.7 Å². The number of carbonyl (C=O) groups excluding carboxylic acids is 1. The van der Waals surface area contributed by atoms with Gasteiger partial charge in [-0.3, -0.25) is 13.8 Å². The number of nitrogens with zero attached hydrogens (tertiary/aromatic N) is 3. The maximum Gasteiger partial charge on any atom is 0.268 e. The normalized spacial score (nSPS) is 15.3. The minimum atomic E-state index is -3.81. The van der Waals surface area contributed by atoms with Crippen LogP contribution in [0.2, 0.25) is 0 Å². The van der Waals surface area contributed by atoms with Crippen LogP contribution in [0.3, 0.4) is 0 Å². The van der Waals surface area contributed by atoms with Crippen LogP contribution >= 0.6 is 0 Å². The van der Waals surface area contributed by atoms with Crippen molar-refractivity contribution >= 4 is 21.6 Å². The first-order valence-electron chi connectivity index (χ1n) is 11.1. The minimum Gasteiger partial charge on any atom is -0.454 e. The first-order chi connectivity index (χ1) is 16.3. The van der Waals surface area contributed by atoms with Gasteiger partial charge in [0.05, 0.1) is 23.1 Å². The third kappa shape index (κ3) is 3.77. The van der Waals surface area contributed by atoms with Gasteiger partial charge in [-0.1, -0.05) is 24.3 Å². The number of amides is 1. The quantitative estimate of drug-likeness (QED) is 0.580. The number of benzene rings is 2. The van der Waals surface area contributed by atoms with Gasteiger partial charge in [0.1, 0.15) is 11.4 Å². The Labute approximate surface area is 198 Å². The number of anilines is 1. The Morgan fingerprint density at radius 3 is 2.74 bits per heavy atom. The van der Waals surface area contributed by atoms with Crippen LogP contribution in [0, 0.1) is 13.8 Å². The second-order valence-electron chi connectivity index (χ2n) is 8.52. The highest BCUT2D eigenvalue weighted by Crippen LogP contribution is 2.35. The summed E-state index contributed by atoms with van der Waals surface area (Å²) in [5.41, 5.74) is 3.39. The van der Waals surface area contributed by atoms with Gasteiger partial charge in [0, 0.05) is 6.54 Å². The van der Waals surface area contributed by atoms with E-state index in [0.717, 1.165) is 11.1 Å². The van der Waals surface area contributed by atoms with Crippen LogP contribution in [0.1, 0.15) is 35.5 Å². The number of sulfonamides is 1. The third-order valence-corrected chi connectivity index (χ3v) is 8.34. The molecule has 3 aromatic rings. The van der Waals surface area contributed by atoms with Crippen LogP contribution in [0.15, 0.2) is 47.4 Å². The van der Waals surface area contributed by atoms with Gasteiger partial charge < -0.3 is 14.8 Å². The summed E-state index contributed by atoms with van der Waals surface area (Å²) < 4.78 is 40.7. The molecule has 10 heteroatoms. The first kappa shape index (κ1) is 22.3. The molecule has 1 N–H and O–H groups in total. The molecule has 0 radical (unpaired) electrons. The topological polar surface area (TPSA) is 103 Å². The fourth-order valence-corrected chi connectivity index (χ4v) is 6.45. The van der Waals surface area contributed by atoms with E-state index >= 15 is 0 Å². The lowest BCUT2D eigenvalue weighted by Gasteiger charge is -2.20. The second-order valence-corrected chi connectivity index (χ2v) is 10.3. The van der Waals surface area contributed by atoms with Gasteiger partial charge in [0.15, 0.2) is 11.5 Å². The van der Waals surface area contributed by atoms with E-state index in [0.29, 0.717) is 41.5 Å². The highest BCUT2D eigenvalue weighted by Gasteiger charge is 2.35. The predicted octanol–water partition coefficient (Wildman–Crippen LogP) is 2.86. The molecule has 0 fully saturated rings. The van der Waals surface area contributed by atoms with Gasteiger partial charge in [-0.2, -0.15) is 5.10 Å². The van der Waals surface area contributed by atoms with Gasteiger partial charge in [0.2, 0.25) is 12.7 Å². The maximum atomic E-state index is 13.5. The van der Waals surface area contributed by atoms with Crippen molar-refractivity contribution in [1.82, 2.24) is 15.1 Å². The predicted molar refractivity (Wildman–Crippen MR) is 126 cm³/mol. The maximum absolute atomic E-state index is 13.5. The summed E-state index contributed by atoms with van der Waals surface area (Å²) in [6.45, 7) is 5.70. The number of hydrogen-bond donors (Lipinski definition) is 1. The number of carbonyl (C=O) groups is 1. The van der Waals surface area contributed by atoms with E-state index in [1.807, 2.05) is 49.4 Å². The van der Waals surface area contributed by atoms with Crippen LogP contribution in [0.25, 0.3) is 0 Å². The highest BCUT2D eigenvalue weighted by molar-refractivity contribution is 7.93. The third-order valence-electron chi connectivity index (χ3n) is 6.28. The lowest BCUT2D eigenvalue weighted by atomic mass is 10.1. The molecule has 0 unspecified atom stereocenters. The van der Waals surface area contributed by atoms with E-state index in [9.17, 15) is 13.2 Å². The van der Waals surface area contributed by atoms with Gasteiger partial charge in [-0.15, -0.1) is 0 Å². The van der Waals surface area contributed by atoms with Crippen LogP contribution in [-0.4, -0.2) is 37.4 Å². The average Bonchev–Trinajstić information content (AvgIpc) is 3.50. The SMILES string of the molecule is Cc1nn(CC(=O)N[C@@H](C)c2ccc3c(c2)OCO3)c(C)c1S(=O)(=O)N1CCc2ccccc21. The fourth-order valence-electron chi connectivity index (χ4n) is 4.56. The number of para-hydroxylation sites is 1. The van der Waals surface area contributed by atoms with Gasteiger partial charge >= 0.3 is 0 Å². The van der Waals surface area contributed by atoms with Crippen LogP contribution < -0.4 is 19.1 Å². The Hall–Kier alpha value is -3.53. The van der Waals surface area contributed by atoms with E-state index < -0.39 is 10.0 Å². The van der Waals surface area contributed by atoms with Crippen molar-refractivity contribution in [2.24, 2.45) is 0 Å². The Kier molecular flexibility index (Phi) is 5.47. The largest absolute Gasteiger partial charge is 0.454 e. The average molecular weight is 483 g/mol. The molecule has 2 aliphatic rings. The standard InChI is InChI=1S/C24H26N4O5S/c1-15(19-8-9-21-22(12-19)33-14-32-21)25-23(29)13-27-17(3)24(16(2)26-27)34(30,31)28-11-10-18-6-4-5-7-20(18)28/h4-9,12,15H,10-11,13-14H2,1-3H3,(H,25,29)/t15-/m0/s1. The van der Waals surface area contributed by atoms with E-state index in [1.165, 1.54) is 8.99 Å². The molecule has 1 atom stereocenters. The van der Waals surface area contributed by atoms with Gasteiger partial charge in [-0.05, 0) is 56.5 Å². The van der Waals surface area contributed by atoms with E-state index in [1.54, 1.807) is 13.8 Å². The first-order valence-corrected chi connectivity index (χ1v) is 12.5. The molecule has 2 aliphatic heterocycles. The smallest absolute Gasteiger partial charge is 0.268 e. The Balaban J connectivity index is 1.34. The number of aryl methyl sites for hydroxylation is 1. The summed E-state index contributed by atoms with van der Waals surface area (Å²) in [7, 11) is -3.81. The van der Waals surface area contributed by atoms with Crippen molar-refractivity contribution in [2.75, 3.05) is 17.6 Å². The van der Waals surface area contributed by atoms with E-state index in [4.69, 9.17) is 9.47 Å². The van der Waals surface area contributed by atoms with Crippen molar-refractivity contribution in [2.45, 2.75) is 44.7 Å². The zero-order chi connectivity index (χ0) is 24.0. The number of aromatic nitrogens is 2. The Morgan fingerprint density at radius 2 is 1.91 bits per heavy atom. The molecule has 0 saturated carbocycles. The fraction of sp³-hybridized carbons (Fsp3) is 0.333. The second kappa shape index (κ2) is 8.35. The molecule has 1 amide bonds. The van der Waals surface area contributed by atoms with Crippen molar-refractivity contribution in [3.63, 3.8) is 0 Å². The van der Waals surface area contributed by atoms with Gasteiger partial charge in [-0.25, -0.2) is 8.42 Å².